The van der Waals surface area contributed by atoms with Crippen LogP contribution in [-0.4, -0.2) is 90.5 Å². The molecule has 0 spiro atoms. The van der Waals surface area contributed by atoms with Gasteiger partial charge < -0.3 is 24.8 Å². The molecule has 0 bridgehead atoms. The average molecular weight is 572 g/mol. The topological polar surface area (TPSA) is 72.6 Å². The monoisotopic (exact) mass is 571 g/mol. The number of benzene rings is 2. The van der Waals surface area contributed by atoms with Crippen LogP contribution in [0, 0.1) is 0 Å². The number of piperidine rings is 1. The summed E-state index contributed by atoms with van der Waals surface area (Å²) in [6.07, 6.45) is 7.07. The average Bonchev–Trinajstić information content (AvgIpc) is 3.50. The molecule has 2 aromatic heterocycles. The summed E-state index contributed by atoms with van der Waals surface area (Å²) < 4.78 is 5.89. The molecule has 2 saturated heterocycles. The number of rotatable bonds is 9. The standard InChI is InChI=1S/C32H41N7OS/c1-37-16-18-39(19-17-37)25-11-14-38(15-12-25)26-9-8-23(28(21-26)40-2)20-30-35-27-10-13-33-31(27)32(36-30)34-22-24-6-4-5-7-29(24)41-3/h4-10,13,21,25,33H,11-12,14-20,22H2,1-3H3,(H,34,35,36). The first-order valence-corrected chi connectivity index (χ1v) is 15.9. The predicted octanol–water partition coefficient (Wildman–Crippen LogP) is 5.11. The van der Waals surface area contributed by atoms with Gasteiger partial charge >= 0.3 is 0 Å². The first kappa shape index (κ1) is 27.9. The lowest BCUT2D eigenvalue weighted by Crippen LogP contribution is -2.52. The summed E-state index contributed by atoms with van der Waals surface area (Å²) >= 11 is 1.76. The van der Waals surface area contributed by atoms with Gasteiger partial charge in [0, 0.05) is 86.7 Å². The van der Waals surface area contributed by atoms with E-state index < -0.39 is 0 Å². The molecule has 4 aromatic rings. The van der Waals surface area contributed by atoms with Crippen LogP contribution in [0.1, 0.15) is 29.8 Å². The number of methoxy groups -OCH3 is 1. The molecule has 0 aliphatic carbocycles. The quantitative estimate of drug-likeness (QED) is 0.269. The van der Waals surface area contributed by atoms with Gasteiger partial charge in [-0.05, 0) is 49.9 Å². The molecule has 0 saturated carbocycles. The lowest BCUT2D eigenvalue weighted by molar-refractivity contribution is 0.0982. The maximum absolute atomic E-state index is 5.89. The van der Waals surface area contributed by atoms with E-state index >= 15 is 0 Å². The van der Waals surface area contributed by atoms with E-state index in [1.807, 2.05) is 12.3 Å². The number of fused-ring (bicyclic) bond motifs is 1. The summed E-state index contributed by atoms with van der Waals surface area (Å²) in [6.45, 7) is 7.63. The Morgan fingerprint density at radius 3 is 2.56 bits per heavy atom. The van der Waals surface area contributed by atoms with Crippen molar-refractivity contribution in [2.45, 2.75) is 36.7 Å². The van der Waals surface area contributed by atoms with Crippen molar-refractivity contribution in [3.8, 4) is 5.75 Å². The zero-order chi connectivity index (χ0) is 28.2. The van der Waals surface area contributed by atoms with Crippen LogP contribution in [0.15, 0.2) is 59.6 Å². The molecule has 2 aliphatic heterocycles. The molecule has 2 fully saturated rings. The van der Waals surface area contributed by atoms with Crippen LogP contribution in [0.4, 0.5) is 11.5 Å². The van der Waals surface area contributed by atoms with Gasteiger partial charge in [-0.25, -0.2) is 9.97 Å². The van der Waals surface area contributed by atoms with Crippen LogP contribution >= 0.6 is 11.8 Å². The largest absolute Gasteiger partial charge is 0.496 e. The SMILES string of the molecule is COc1cc(N2CCC(N3CCN(C)CC3)CC2)ccc1Cc1nc(NCc2ccccc2SC)c2[nH]ccc2n1. The second-order valence-electron chi connectivity index (χ2n) is 11.1. The van der Waals surface area contributed by atoms with Crippen molar-refractivity contribution in [3.05, 3.63) is 71.7 Å². The van der Waals surface area contributed by atoms with Crippen LogP contribution in [0.3, 0.4) is 0 Å². The Morgan fingerprint density at radius 1 is 0.976 bits per heavy atom. The molecule has 0 amide bonds. The van der Waals surface area contributed by atoms with E-state index in [2.05, 4.69) is 80.8 Å². The Balaban J connectivity index is 1.15. The van der Waals surface area contributed by atoms with Gasteiger partial charge in [0.05, 0.1) is 12.6 Å². The van der Waals surface area contributed by atoms with Crippen LogP contribution in [0.2, 0.25) is 0 Å². The maximum Gasteiger partial charge on any atom is 0.154 e. The van der Waals surface area contributed by atoms with Gasteiger partial charge in [0.25, 0.3) is 0 Å². The number of ether oxygens (including phenoxy) is 1. The highest BCUT2D eigenvalue weighted by Crippen LogP contribution is 2.31. The van der Waals surface area contributed by atoms with Crippen LogP contribution in [0.25, 0.3) is 11.0 Å². The summed E-state index contributed by atoms with van der Waals surface area (Å²) in [5.74, 6) is 2.49. The molecule has 8 nitrogen and oxygen atoms in total. The highest BCUT2D eigenvalue weighted by Gasteiger charge is 2.27. The summed E-state index contributed by atoms with van der Waals surface area (Å²) in [6, 6.07) is 17.8. The highest BCUT2D eigenvalue weighted by molar-refractivity contribution is 7.98. The minimum absolute atomic E-state index is 0.603. The van der Waals surface area contributed by atoms with Crippen LogP contribution in [0.5, 0.6) is 5.75 Å². The lowest BCUT2D eigenvalue weighted by Gasteiger charge is -2.42. The van der Waals surface area contributed by atoms with Gasteiger partial charge in [-0.1, -0.05) is 24.3 Å². The number of H-pyrrole nitrogens is 1. The second kappa shape index (κ2) is 12.7. The molecule has 216 valence electrons. The molecule has 0 radical (unpaired) electrons. The Hall–Kier alpha value is -3.27. The molecule has 41 heavy (non-hydrogen) atoms. The van der Waals surface area contributed by atoms with E-state index in [0.29, 0.717) is 19.0 Å². The number of anilines is 2. The van der Waals surface area contributed by atoms with E-state index in [4.69, 9.17) is 14.7 Å². The molecular weight excluding hydrogens is 530 g/mol. The molecule has 0 atom stereocenters. The van der Waals surface area contributed by atoms with E-state index in [0.717, 1.165) is 47.1 Å². The van der Waals surface area contributed by atoms with Crippen molar-refractivity contribution in [3.63, 3.8) is 0 Å². The van der Waals surface area contributed by atoms with E-state index in [1.54, 1.807) is 18.9 Å². The Bertz CT molecular complexity index is 1460. The normalized spacial score (nSPS) is 17.3. The van der Waals surface area contributed by atoms with Crippen molar-refractivity contribution in [2.75, 3.05) is 69.9 Å². The number of likely N-dealkylation sites (N-methyl/N-ethyl adjacent to an activating group) is 1. The van der Waals surface area contributed by atoms with E-state index in [1.165, 1.54) is 55.2 Å². The first-order valence-electron chi connectivity index (χ1n) is 14.7. The van der Waals surface area contributed by atoms with Crippen molar-refractivity contribution in [1.29, 1.82) is 0 Å². The van der Waals surface area contributed by atoms with Gasteiger partial charge in [0.1, 0.15) is 17.1 Å². The van der Waals surface area contributed by atoms with Crippen LogP contribution in [-0.2, 0) is 13.0 Å². The molecule has 2 aliphatic rings. The molecule has 2 aromatic carbocycles. The number of piperazine rings is 1. The Morgan fingerprint density at radius 2 is 1.78 bits per heavy atom. The minimum atomic E-state index is 0.603. The van der Waals surface area contributed by atoms with E-state index in [9.17, 15) is 0 Å². The molecular formula is C32H41N7OS. The number of nitrogens with zero attached hydrogens (tertiary/aromatic N) is 5. The number of thioether (sulfide) groups is 1. The minimum Gasteiger partial charge on any atom is -0.496 e. The van der Waals surface area contributed by atoms with Crippen molar-refractivity contribution in [1.82, 2.24) is 24.8 Å². The Kier molecular flexibility index (Phi) is 8.64. The summed E-state index contributed by atoms with van der Waals surface area (Å²) in [7, 11) is 3.99. The van der Waals surface area contributed by atoms with Gasteiger partial charge in [0.15, 0.2) is 5.82 Å². The fourth-order valence-corrected chi connectivity index (χ4v) is 6.77. The fraction of sp³-hybridized carbons (Fsp3) is 0.438. The molecule has 2 N–H and O–H groups in total. The van der Waals surface area contributed by atoms with Gasteiger partial charge in [-0.2, -0.15) is 0 Å². The number of hydrogen-bond donors (Lipinski definition) is 2. The highest BCUT2D eigenvalue weighted by atomic mass is 32.2. The molecule has 9 heteroatoms. The van der Waals surface area contributed by atoms with Gasteiger partial charge in [0.2, 0.25) is 0 Å². The third-order valence-electron chi connectivity index (χ3n) is 8.59. The maximum atomic E-state index is 5.89. The zero-order valence-corrected chi connectivity index (χ0v) is 25.2. The lowest BCUT2D eigenvalue weighted by atomic mass is 10.0. The smallest absolute Gasteiger partial charge is 0.154 e. The second-order valence-corrected chi connectivity index (χ2v) is 12.0. The molecule has 0 unspecified atom stereocenters. The number of hydrogen-bond acceptors (Lipinski definition) is 8. The fourth-order valence-electron chi connectivity index (χ4n) is 6.15. The summed E-state index contributed by atoms with van der Waals surface area (Å²) in [5.41, 5.74) is 5.42. The third-order valence-corrected chi connectivity index (χ3v) is 9.43. The van der Waals surface area contributed by atoms with Gasteiger partial charge in [-0.3, -0.25) is 4.90 Å². The number of aromatic amines is 1. The zero-order valence-electron chi connectivity index (χ0n) is 24.4. The van der Waals surface area contributed by atoms with Crippen molar-refractivity contribution >= 4 is 34.3 Å². The molecule has 4 heterocycles. The summed E-state index contributed by atoms with van der Waals surface area (Å²) in [4.78, 5) is 22.0. The van der Waals surface area contributed by atoms with Crippen molar-refractivity contribution in [2.24, 2.45) is 0 Å². The first-order chi connectivity index (χ1) is 20.1. The summed E-state index contributed by atoms with van der Waals surface area (Å²) in [5, 5.41) is 3.56. The van der Waals surface area contributed by atoms with Crippen molar-refractivity contribution < 1.29 is 4.74 Å². The molecule has 6 rings (SSSR count). The van der Waals surface area contributed by atoms with E-state index in [-0.39, 0.29) is 0 Å². The van der Waals surface area contributed by atoms with Crippen LogP contribution < -0.4 is 15.0 Å². The number of aromatic nitrogens is 3. The third kappa shape index (κ3) is 6.32. The van der Waals surface area contributed by atoms with Gasteiger partial charge in [-0.15, -0.1) is 11.8 Å². The predicted molar refractivity (Wildman–Crippen MR) is 170 cm³/mol. The Labute approximate surface area is 247 Å². The number of nitrogens with one attached hydrogen (secondary N) is 2.